The molecular weight excluding hydrogens is 224 g/mol. The maximum Gasteiger partial charge on any atom is 0.267 e. The van der Waals surface area contributed by atoms with Crippen molar-refractivity contribution < 1.29 is 4.79 Å². The minimum Gasteiger partial charge on any atom is -0.382 e. The van der Waals surface area contributed by atoms with Crippen LogP contribution in [-0.2, 0) is 0 Å². The molecule has 0 unspecified atom stereocenters. The fourth-order valence-electron chi connectivity index (χ4n) is 1.16. The van der Waals surface area contributed by atoms with E-state index in [-0.39, 0.29) is 11.7 Å². The number of carbonyl (C=O) groups is 1. The predicted molar refractivity (Wildman–Crippen MR) is 67.8 cm³/mol. The quantitative estimate of drug-likeness (QED) is 0.763. The number of carbonyl (C=O) groups excluding carboxylic acids is 1. The molecule has 88 valence electrons. The second-order valence-electron chi connectivity index (χ2n) is 3.24. The van der Waals surface area contributed by atoms with Gasteiger partial charge >= 0.3 is 0 Å². The molecule has 6 heteroatoms. The van der Waals surface area contributed by atoms with Gasteiger partial charge in [0, 0.05) is 20.1 Å². The molecule has 1 aromatic rings. The van der Waals surface area contributed by atoms with Crippen molar-refractivity contribution in [2.75, 3.05) is 31.2 Å². The summed E-state index contributed by atoms with van der Waals surface area (Å²) in [4.78, 5) is 18.0. The van der Waals surface area contributed by atoms with Crippen LogP contribution in [0.5, 0.6) is 0 Å². The van der Waals surface area contributed by atoms with E-state index in [1.165, 1.54) is 11.3 Å². The molecule has 16 heavy (non-hydrogen) atoms. The van der Waals surface area contributed by atoms with Gasteiger partial charge < -0.3 is 16.0 Å². The van der Waals surface area contributed by atoms with E-state index in [0.717, 1.165) is 6.54 Å². The Morgan fingerprint density at radius 1 is 1.75 bits per heavy atom. The van der Waals surface area contributed by atoms with E-state index >= 15 is 0 Å². The third-order valence-electron chi connectivity index (χ3n) is 1.93. The van der Waals surface area contributed by atoms with Gasteiger partial charge in [-0.15, -0.1) is 6.58 Å². The van der Waals surface area contributed by atoms with Crippen LogP contribution in [0, 0.1) is 0 Å². The molecule has 3 N–H and O–H groups in total. The number of thiazole rings is 1. The van der Waals surface area contributed by atoms with E-state index in [1.807, 2.05) is 6.92 Å². The highest BCUT2D eigenvalue weighted by Gasteiger charge is 2.18. The Hall–Kier alpha value is -1.56. The van der Waals surface area contributed by atoms with Crippen molar-refractivity contribution in [1.29, 1.82) is 0 Å². The van der Waals surface area contributed by atoms with E-state index in [4.69, 9.17) is 5.73 Å². The number of nitrogens with zero attached hydrogens (tertiary/aromatic N) is 2. The first kappa shape index (κ1) is 12.5. The van der Waals surface area contributed by atoms with Crippen LogP contribution in [0.4, 0.5) is 10.9 Å². The molecule has 1 rings (SSSR count). The highest BCUT2D eigenvalue weighted by atomic mass is 32.1. The van der Waals surface area contributed by atoms with Crippen LogP contribution in [0.3, 0.4) is 0 Å². The number of hydrogen-bond acceptors (Lipinski definition) is 5. The molecule has 5 nitrogen and oxygen atoms in total. The number of likely N-dealkylation sites (N-methyl/N-ethyl adjacent to an activating group) is 1. The SMILES string of the molecule is C=CCN(C)C(=O)c1sc(NCC)nc1N. The molecule has 0 spiro atoms. The summed E-state index contributed by atoms with van der Waals surface area (Å²) in [5.74, 6) is 0.154. The van der Waals surface area contributed by atoms with Crippen molar-refractivity contribution >= 4 is 28.2 Å². The molecule has 0 bridgehead atoms. The van der Waals surface area contributed by atoms with Crippen LogP contribution in [0.15, 0.2) is 12.7 Å². The zero-order valence-electron chi connectivity index (χ0n) is 9.49. The number of anilines is 2. The van der Waals surface area contributed by atoms with Crippen LogP contribution >= 0.6 is 11.3 Å². The summed E-state index contributed by atoms with van der Waals surface area (Å²) in [6.45, 7) is 6.79. The average Bonchev–Trinajstić information content (AvgIpc) is 2.59. The molecule has 1 heterocycles. The first-order valence-electron chi connectivity index (χ1n) is 4.96. The Kier molecular flexibility index (Phi) is 4.30. The van der Waals surface area contributed by atoms with E-state index in [9.17, 15) is 4.79 Å². The molecule has 0 saturated carbocycles. The minimum atomic E-state index is -0.126. The predicted octanol–water partition coefficient (Wildman–Crippen LogP) is 1.42. The van der Waals surface area contributed by atoms with Crippen molar-refractivity contribution in [2.45, 2.75) is 6.92 Å². The molecule has 1 amide bonds. The molecule has 0 aliphatic heterocycles. The number of hydrogen-bond donors (Lipinski definition) is 2. The number of nitrogen functional groups attached to an aromatic ring is 1. The van der Waals surface area contributed by atoms with E-state index in [0.29, 0.717) is 16.6 Å². The number of aromatic nitrogens is 1. The summed E-state index contributed by atoms with van der Waals surface area (Å²) in [5, 5.41) is 3.71. The third kappa shape index (κ3) is 2.73. The van der Waals surface area contributed by atoms with Crippen LogP contribution in [0.1, 0.15) is 16.6 Å². The van der Waals surface area contributed by atoms with Gasteiger partial charge in [0.15, 0.2) is 5.13 Å². The summed E-state index contributed by atoms with van der Waals surface area (Å²) >= 11 is 1.27. The van der Waals surface area contributed by atoms with Gasteiger partial charge in [0.05, 0.1) is 0 Å². The van der Waals surface area contributed by atoms with Gasteiger partial charge in [0.1, 0.15) is 10.7 Å². The number of nitrogens with one attached hydrogen (secondary N) is 1. The fourth-order valence-corrected chi connectivity index (χ4v) is 2.11. The Bertz CT molecular complexity index is 388. The zero-order valence-corrected chi connectivity index (χ0v) is 10.3. The van der Waals surface area contributed by atoms with Crippen LogP contribution in [-0.4, -0.2) is 35.9 Å². The third-order valence-corrected chi connectivity index (χ3v) is 2.94. The van der Waals surface area contributed by atoms with Crippen LogP contribution in [0.2, 0.25) is 0 Å². The van der Waals surface area contributed by atoms with Gasteiger partial charge in [0.25, 0.3) is 5.91 Å². The Labute approximate surface area is 99.0 Å². The first-order chi connectivity index (χ1) is 7.60. The van der Waals surface area contributed by atoms with Crippen LogP contribution < -0.4 is 11.1 Å². The molecule has 0 aromatic carbocycles. The standard InChI is InChI=1S/C10H16N4OS/c1-4-6-14(3)9(15)7-8(11)13-10(16-7)12-5-2/h4H,1,5-6,11H2,2-3H3,(H,12,13). The summed E-state index contributed by atoms with van der Waals surface area (Å²) in [6, 6.07) is 0. The fraction of sp³-hybridized carbons (Fsp3) is 0.400. The van der Waals surface area contributed by atoms with Gasteiger partial charge in [-0.3, -0.25) is 4.79 Å². The van der Waals surface area contributed by atoms with Crippen molar-refractivity contribution in [2.24, 2.45) is 0 Å². The summed E-state index contributed by atoms with van der Waals surface area (Å²) < 4.78 is 0. The summed E-state index contributed by atoms with van der Waals surface area (Å²) in [5.41, 5.74) is 5.69. The van der Waals surface area contributed by atoms with E-state index in [1.54, 1.807) is 18.0 Å². The second kappa shape index (κ2) is 5.50. The lowest BCUT2D eigenvalue weighted by molar-refractivity contribution is 0.0815. The van der Waals surface area contributed by atoms with Gasteiger partial charge in [-0.25, -0.2) is 4.98 Å². The monoisotopic (exact) mass is 240 g/mol. The average molecular weight is 240 g/mol. The summed E-state index contributed by atoms with van der Waals surface area (Å²) in [7, 11) is 1.70. The zero-order chi connectivity index (χ0) is 12.1. The highest BCUT2D eigenvalue weighted by molar-refractivity contribution is 7.18. The smallest absolute Gasteiger partial charge is 0.267 e. The van der Waals surface area contributed by atoms with Crippen LogP contribution in [0.25, 0.3) is 0 Å². The second-order valence-corrected chi connectivity index (χ2v) is 4.24. The lowest BCUT2D eigenvalue weighted by atomic mass is 10.4. The molecule has 1 aromatic heterocycles. The minimum absolute atomic E-state index is 0.126. The van der Waals surface area contributed by atoms with Gasteiger partial charge in [-0.2, -0.15) is 0 Å². The topological polar surface area (TPSA) is 71.2 Å². The van der Waals surface area contributed by atoms with E-state index in [2.05, 4.69) is 16.9 Å². The molecule has 0 saturated heterocycles. The molecule has 0 atom stereocenters. The van der Waals surface area contributed by atoms with Gasteiger partial charge in [-0.1, -0.05) is 17.4 Å². The van der Waals surface area contributed by atoms with Crippen molar-refractivity contribution in [3.63, 3.8) is 0 Å². The van der Waals surface area contributed by atoms with Crippen molar-refractivity contribution in [3.8, 4) is 0 Å². The lowest BCUT2D eigenvalue weighted by Crippen LogP contribution is -2.26. The Balaban J connectivity index is 2.86. The van der Waals surface area contributed by atoms with Gasteiger partial charge in [-0.05, 0) is 6.92 Å². The molecule has 0 aliphatic rings. The molecule has 0 aliphatic carbocycles. The van der Waals surface area contributed by atoms with E-state index < -0.39 is 0 Å². The maximum atomic E-state index is 11.9. The normalized spacial score (nSPS) is 9.88. The Morgan fingerprint density at radius 3 is 3.00 bits per heavy atom. The highest BCUT2D eigenvalue weighted by Crippen LogP contribution is 2.25. The number of amides is 1. The number of rotatable bonds is 5. The van der Waals surface area contributed by atoms with Crippen molar-refractivity contribution in [3.05, 3.63) is 17.5 Å². The largest absolute Gasteiger partial charge is 0.382 e. The number of nitrogens with two attached hydrogens (primary N) is 1. The lowest BCUT2D eigenvalue weighted by Gasteiger charge is -2.13. The Morgan fingerprint density at radius 2 is 2.44 bits per heavy atom. The van der Waals surface area contributed by atoms with Crippen molar-refractivity contribution in [1.82, 2.24) is 9.88 Å². The molecular formula is C10H16N4OS. The van der Waals surface area contributed by atoms with Gasteiger partial charge in [0.2, 0.25) is 0 Å². The molecule has 0 fully saturated rings. The maximum absolute atomic E-state index is 11.9. The molecule has 0 radical (unpaired) electrons. The summed E-state index contributed by atoms with van der Waals surface area (Å²) in [6.07, 6.45) is 1.67. The first-order valence-corrected chi connectivity index (χ1v) is 5.78.